The van der Waals surface area contributed by atoms with Crippen molar-refractivity contribution in [3.8, 4) is 0 Å². The lowest BCUT2D eigenvalue weighted by Gasteiger charge is -1.99. The molecular weight excluding hydrogens is 154 g/mol. The minimum absolute atomic E-state index is 0.576. The Kier molecular flexibility index (Phi) is 1.80. The fourth-order valence-corrected chi connectivity index (χ4v) is 1.44. The Balaban J connectivity index is 2.14. The maximum Gasteiger partial charge on any atom is 0.154 e. The summed E-state index contributed by atoms with van der Waals surface area (Å²) < 4.78 is 1.81. The van der Waals surface area contributed by atoms with Gasteiger partial charge in [-0.05, 0) is 22.8 Å². The van der Waals surface area contributed by atoms with Gasteiger partial charge in [0.1, 0.15) is 0 Å². The van der Waals surface area contributed by atoms with Crippen molar-refractivity contribution in [3.05, 3.63) is 5.82 Å². The van der Waals surface area contributed by atoms with Gasteiger partial charge in [-0.3, -0.25) is 0 Å². The first-order valence-corrected chi connectivity index (χ1v) is 4.29. The molecule has 2 rings (SSSR count). The molecular formula is C7H13N5. The van der Waals surface area contributed by atoms with Gasteiger partial charge in [-0.15, -0.1) is 5.10 Å². The summed E-state index contributed by atoms with van der Waals surface area (Å²) in [6.07, 6.45) is 1.21. The van der Waals surface area contributed by atoms with Gasteiger partial charge >= 0.3 is 0 Å². The first kappa shape index (κ1) is 7.67. The largest absolute Gasteiger partial charge is 0.329 e. The third-order valence-electron chi connectivity index (χ3n) is 2.34. The topological polar surface area (TPSA) is 69.6 Å². The van der Waals surface area contributed by atoms with E-state index in [2.05, 4.69) is 22.4 Å². The van der Waals surface area contributed by atoms with Crippen LogP contribution in [-0.2, 0) is 6.54 Å². The highest BCUT2D eigenvalue weighted by molar-refractivity contribution is 5.06. The Morgan fingerprint density at radius 1 is 1.67 bits per heavy atom. The second-order valence-electron chi connectivity index (χ2n) is 3.37. The van der Waals surface area contributed by atoms with E-state index in [0.29, 0.717) is 12.5 Å². The van der Waals surface area contributed by atoms with Gasteiger partial charge in [0.2, 0.25) is 0 Å². The van der Waals surface area contributed by atoms with E-state index >= 15 is 0 Å². The molecule has 1 aliphatic rings. The molecule has 0 spiro atoms. The quantitative estimate of drug-likeness (QED) is 0.674. The third-order valence-corrected chi connectivity index (χ3v) is 2.34. The highest BCUT2D eigenvalue weighted by atomic mass is 15.5. The molecule has 2 unspecified atom stereocenters. The molecule has 0 aliphatic heterocycles. The van der Waals surface area contributed by atoms with Crippen LogP contribution < -0.4 is 5.73 Å². The SMILES string of the molecule is CC1CC1c1nnnn1CCN. The fourth-order valence-electron chi connectivity index (χ4n) is 1.44. The van der Waals surface area contributed by atoms with Crippen molar-refractivity contribution >= 4 is 0 Å². The van der Waals surface area contributed by atoms with E-state index in [4.69, 9.17) is 5.73 Å². The molecule has 12 heavy (non-hydrogen) atoms. The minimum atomic E-state index is 0.576. The second kappa shape index (κ2) is 2.82. The highest BCUT2D eigenvalue weighted by Crippen LogP contribution is 2.45. The molecule has 0 aromatic carbocycles. The normalized spacial score (nSPS) is 27.5. The van der Waals surface area contributed by atoms with Gasteiger partial charge in [0.25, 0.3) is 0 Å². The van der Waals surface area contributed by atoms with Crippen LogP contribution in [0.1, 0.15) is 25.1 Å². The number of nitrogens with zero attached hydrogens (tertiary/aromatic N) is 4. The Morgan fingerprint density at radius 2 is 2.42 bits per heavy atom. The van der Waals surface area contributed by atoms with Crippen LogP contribution in [0.3, 0.4) is 0 Å². The predicted octanol–water partition coefficient (Wildman–Crippen LogP) is -0.245. The third kappa shape index (κ3) is 1.20. The number of rotatable bonds is 3. The van der Waals surface area contributed by atoms with Crippen molar-refractivity contribution in [1.82, 2.24) is 20.2 Å². The van der Waals surface area contributed by atoms with Gasteiger partial charge < -0.3 is 5.73 Å². The summed E-state index contributed by atoms with van der Waals surface area (Å²) in [5.74, 6) is 2.33. The van der Waals surface area contributed by atoms with Crippen molar-refractivity contribution in [1.29, 1.82) is 0 Å². The van der Waals surface area contributed by atoms with Crippen LogP contribution in [0.5, 0.6) is 0 Å². The summed E-state index contributed by atoms with van der Waals surface area (Å²) in [6, 6.07) is 0. The first-order valence-electron chi connectivity index (χ1n) is 4.29. The number of hydrogen-bond acceptors (Lipinski definition) is 4. The molecule has 5 heteroatoms. The van der Waals surface area contributed by atoms with Crippen LogP contribution in [0.2, 0.25) is 0 Å². The van der Waals surface area contributed by atoms with E-state index in [1.807, 2.05) is 4.68 Å². The zero-order valence-electron chi connectivity index (χ0n) is 7.14. The molecule has 66 valence electrons. The molecule has 0 saturated heterocycles. The highest BCUT2D eigenvalue weighted by Gasteiger charge is 2.38. The zero-order valence-corrected chi connectivity index (χ0v) is 7.14. The van der Waals surface area contributed by atoms with E-state index in [-0.39, 0.29) is 0 Å². The van der Waals surface area contributed by atoms with Crippen LogP contribution in [0.15, 0.2) is 0 Å². The summed E-state index contributed by atoms with van der Waals surface area (Å²) in [7, 11) is 0. The molecule has 1 aromatic rings. The van der Waals surface area contributed by atoms with Crippen molar-refractivity contribution in [2.24, 2.45) is 11.7 Å². The van der Waals surface area contributed by atoms with Gasteiger partial charge in [-0.25, -0.2) is 4.68 Å². The van der Waals surface area contributed by atoms with Crippen LogP contribution in [0.4, 0.5) is 0 Å². The molecule has 1 aromatic heterocycles. The summed E-state index contributed by atoms with van der Waals surface area (Å²) in [4.78, 5) is 0. The predicted molar refractivity (Wildman–Crippen MR) is 43.4 cm³/mol. The molecule has 1 heterocycles. The van der Waals surface area contributed by atoms with E-state index in [9.17, 15) is 0 Å². The van der Waals surface area contributed by atoms with Gasteiger partial charge in [0.05, 0.1) is 6.54 Å². The smallest absolute Gasteiger partial charge is 0.154 e. The van der Waals surface area contributed by atoms with E-state index in [0.717, 1.165) is 18.3 Å². The number of aromatic nitrogens is 4. The van der Waals surface area contributed by atoms with Gasteiger partial charge in [-0.1, -0.05) is 6.92 Å². The summed E-state index contributed by atoms with van der Waals surface area (Å²) in [6.45, 7) is 3.54. The summed E-state index contributed by atoms with van der Waals surface area (Å²) in [5, 5.41) is 11.5. The molecule has 1 fully saturated rings. The van der Waals surface area contributed by atoms with Crippen molar-refractivity contribution in [2.75, 3.05) is 6.54 Å². The molecule has 2 atom stereocenters. The number of tetrazole rings is 1. The lowest BCUT2D eigenvalue weighted by molar-refractivity contribution is 0.569. The second-order valence-corrected chi connectivity index (χ2v) is 3.37. The van der Waals surface area contributed by atoms with Crippen LogP contribution in [0.25, 0.3) is 0 Å². The Labute approximate surface area is 70.9 Å². The maximum atomic E-state index is 5.43. The molecule has 1 saturated carbocycles. The average molecular weight is 167 g/mol. The molecule has 0 amide bonds. The van der Waals surface area contributed by atoms with Gasteiger partial charge in [-0.2, -0.15) is 0 Å². The maximum absolute atomic E-state index is 5.43. The Morgan fingerprint density at radius 3 is 3.00 bits per heavy atom. The molecule has 1 aliphatic carbocycles. The van der Waals surface area contributed by atoms with Crippen molar-refractivity contribution < 1.29 is 0 Å². The number of nitrogens with two attached hydrogens (primary N) is 1. The minimum Gasteiger partial charge on any atom is -0.329 e. The molecule has 5 nitrogen and oxygen atoms in total. The lowest BCUT2D eigenvalue weighted by Crippen LogP contribution is -2.13. The fraction of sp³-hybridized carbons (Fsp3) is 0.857. The van der Waals surface area contributed by atoms with Gasteiger partial charge in [0, 0.05) is 12.5 Å². The zero-order chi connectivity index (χ0) is 8.55. The van der Waals surface area contributed by atoms with E-state index < -0.39 is 0 Å². The molecule has 2 N–H and O–H groups in total. The van der Waals surface area contributed by atoms with Gasteiger partial charge in [0.15, 0.2) is 5.82 Å². The van der Waals surface area contributed by atoms with Crippen LogP contribution >= 0.6 is 0 Å². The summed E-state index contributed by atoms with van der Waals surface area (Å²) >= 11 is 0. The Bertz CT molecular complexity index is 269. The average Bonchev–Trinajstić information content (AvgIpc) is 2.62. The van der Waals surface area contributed by atoms with Crippen LogP contribution in [-0.4, -0.2) is 26.8 Å². The monoisotopic (exact) mass is 167 g/mol. The van der Waals surface area contributed by atoms with E-state index in [1.54, 1.807) is 0 Å². The summed E-state index contributed by atoms with van der Waals surface area (Å²) in [5.41, 5.74) is 5.43. The van der Waals surface area contributed by atoms with Crippen molar-refractivity contribution in [2.45, 2.75) is 25.8 Å². The number of hydrogen-bond donors (Lipinski definition) is 1. The lowest BCUT2D eigenvalue weighted by atomic mass is 10.3. The standard InChI is InChI=1S/C7H13N5/c1-5-4-6(5)7-9-10-11-12(7)3-2-8/h5-6H,2-4,8H2,1H3. The Hall–Kier alpha value is -0.970. The molecule has 0 bridgehead atoms. The van der Waals surface area contributed by atoms with E-state index in [1.165, 1.54) is 6.42 Å². The van der Waals surface area contributed by atoms with Crippen molar-refractivity contribution in [3.63, 3.8) is 0 Å². The molecule has 0 radical (unpaired) electrons. The van der Waals surface area contributed by atoms with Crippen LogP contribution in [0, 0.1) is 5.92 Å². The first-order chi connectivity index (χ1) is 5.83.